The van der Waals surface area contributed by atoms with Crippen molar-refractivity contribution in [3.05, 3.63) is 70.3 Å². The fourth-order valence-corrected chi connectivity index (χ4v) is 4.52. The number of nitrogens with one attached hydrogen (secondary N) is 1. The van der Waals surface area contributed by atoms with Crippen LogP contribution in [0.5, 0.6) is 0 Å². The molecular weight excluding hydrogens is 438 g/mol. The van der Waals surface area contributed by atoms with Gasteiger partial charge in [0.25, 0.3) is 5.56 Å². The van der Waals surface area contributed by atoms with Crippen molar-refractivity contribution in [3.8, 4) is 5.82 Å². The monoisotopic (exact) mass is 463 g/mol. The van der Waals surface area contributed by atoms with E-state index in [1.807, 2.05) is 25.1 Å². The first-order chi connectivity index (χ1) is 16.0. The third-order valence-electron chi connectivity index (χ3n) is 5.11. The smallest absolute Gasteiger partial charge is 0.267 e. The Morgan fingerprint density at radius 2 is 2.03 bits per heavy atom. The van der Waals surface area contributed by atoms with Gasteiger partial charge >= 0.3 is 0 Å². The Morgan fingerprint density at radius 3 is 2.73 bits per heavy atom. The summed E-state index contributed by atoms with van der Waals surface area (Å²) in [5.41, 5.74) is 1.34. The van der Waals surface area contributed by atoms with Gasteiger partial charge < -0.3 is 9.84 Å². The zero-order chi connectivity index (χ0) is 23.4. The second-order valence-electron chi connectivity index (χ2n) is 7.81. The van der Waals surface area contributed by atoms with Crippen LogP contribution in [0.2, 0.25) is 0 Å². The maximum absolute atomic E-state index is 13.4. The highest BCUT2D eigenvalue weighted by Crippen LogP contribution is 2.28. The lowest BCUT2D eigenvalue weighted by Gasteiger charge is -2.18. The number of amides is 1. The highest BCUT2D eigenvalue weighted by molar-refractivity contribution is 8.00. The fraction of sp³-hybridized carbons (Fsp3) is 0.292. The number of para-hydroxylation sites is 1. The summed E-state index contributed by atoms with van der Waals surface area (Å²) in [5, 5.41) is 7.11. The molecule has 0 fully saturated rings. The van der Waals surface area contributed by atoms with Gasteiger partial charge in [-0.3, -0.25) is 9.59 Å². The number of aryl methyl sites for hydroxylation is 2. The molecule has 1 amide bonds. The average molecular weight is 464 g/mol. The van der Waals surface area contributed by atoms with Crippen LogP contribution in [0.3, 0.4) is 0 Å². The number of nitrogens with zero attached hydrogens (tertiary/aromatic N) is 4. The number of aromatic nitrogens is 4. The van der Waals surface area contributed by atoms with E-state index in [0.717, 1.165) is 18.4 Å². The molecule has 4 rings (SSSR count). The molecule has 3 aromatic heterocycles. The van der Waals surface area contributed by atoms with Crippen molar-refractivity contribution >= 4 is 34.4 Å². The number of pyridine rings is 1. The molecule has 1 N–H and O–H groups in total. The number of hydrogen-bond donors (Lipinski definition) is 1. The highest BCUT2D eigenvalue weighted by atomic mass is 32.2. The van der Waals surface area contributed by atoms with E-state index in [4.69, 9.17) is 9.51 Å². The molecule has 0 radical (unpaired) electrons. The fourth-order valence-electron chi connectivity index (χ4n) is 3.38. The van der Waals surface area contributed by atoms with Crippen LogP contribution >= 0.6 is 11.8 Å². The van der Waals surface area contributed by atoms with Crippen LogP contribution in [0.4, 0.5) is 5.82 Å². The van der Waals surface area contributed by atoms with Gasteiger partial charge in [-0.1, -0.05) is 54.9 Å². The molecule has 33 heavy (non-hydrogen) atoms. The number of fused-ring (bicyclic) bond motifs is 1. The van der Waals surface area contributed by atoms with Gasteiger partial charge in [0.05, 0.1) is 16.2 Å². The van der Waals surface area contributed by atoms with Crippen LogP contribution in [0.15, 0.2) is 63.1 Å². The number of thioether (sulfide) groups is 1. The topological polar surface area (TPSA) is 103 Å². The molecule has 0 aliphatic rings. The number of unbranched alkanes of at least 4 members (excludes halogenated alkanes) is 1. The third kappa shape index (κ3) is 5.14. The standard InChI is InChI=1S/C24H25N5O3S/c1-4-5-10-19(22(30)27-20-13-16(3)32-28-20)33-24-26-18-9-7-6-8-17(18)23(31)29(24)21-12-11-15(2)14-25-21/h6-9,11-14,19H,4-5,10H2,1-3H3,(H,27,28,30). The molecule has 0 aliphatic carbocycles. The van der Waals surface area contributed by atoms with Crippen molar-refractivity contribution in [2.75, 3.05) is 5.32 Å². The molecule has 1 atom stereocenters. The van der Waals surface area contributed by atoms with Gasteiger partial charge in [0.2, 0.25) is 5.91 Å². The van der Waals surface area contributed by atoms with Crippen LogP contribution in [0.25, 0.3) is 16.7 Å². The first kappa shape index (κ1) is 22.7. The van der Waals surface area contributed by atoms with Crippen molar-refractivity contribution in [2.24, 2.45) is 0 Å². The van der Waals surface area contributed by atoms with E-state index in [0.29, 0.717) is 39.9 Å². The van der Waals surface area contributed by atoms with Crippen LogP contribution in [-0.2, 0) is 4.79 Å². The van der Waals surface area contributed by atoms with E-state index < -0.39 is 5.25 Å². The van der Waals surface area contributed by atoms with Gasteiger partial charge in [0.1, 0.15) is 11.6 Å². The van der Waals surface area contributed by atoms with E-state index in [9.17, 15) is 9.59 Å². The molecule has 1 unspecified atom stereocenters. The molecule has 0 saturated heterocycles. The minimum Gasteiger partial charge on any atom is -0.360 e. The van der Waals surface area contributed by atoms with Gasteiger partial charge in [-0.25, -0.2) is 14.5 Å². The number of carbonyl (C=O) groups is 1. The Balaban J connectivity index is 1.76. The second kappa shape index (κ2) is 9.99. The van der Waals surface area contributed by atoms with E-state index >= 15 is 0 Å². The number of rotatable bonds is 8. The van der Waals surface area contributed by atoms with Gasteiger partial charge in [-0.05, 0) is 44.0 Å². The predicted octanol–water partition coefficient (Wildman–Crippen LogP) is 4.68. The van der Waals surface area contributed by atoms with Crippen molar-refractivity contribution in [2.45, 2.75) is 50.4 Å². The second-order valence-corrected chi connectivity index (χ2v) is 8.98. The van der Waals surface area contributed by atoms with Gasteiger partial charge in [0, 0.05) is 12.3 Å². The van der Waals surface area contributed by atoms with Crippen molar-refractivity contribution in [1.82, 2.24) is 19.7 Å². The molecule has 170 valence electrons. The molecule has 0 spiro atoms. The minimum atomic E-state index is -0.480. The summed E-state index contributed by atoms with van der Waals surface area (Å²) >= 11 is 1.26. The van der Waals surface area contributed by atoms with E-state index in [2.05, 4.69) is 22.4 Å². The first-order valence-electron chi connectivity index (χ1n) is 10.8. The molecule has 4 aromatic rings. The molecule has 0 saturated carbocycles. The Bertz CT molecular complexity index is 1330. The van der Waals surface area contributed by atoms with Gasteiger partial charge in [-0.15, -0.1) is 0 Å². The summed E-state index contributed by atoms with van der Waals surface area (Å²) in [5.74, 6) is 1.22. The molecule has 0 aliphatic heterocycles. The molecule has 1 aromatic carbocycles. The van der Waals surface area contributed by atoms with Gasteiger partial charge in [-0.2, -0.15) is 0 Å². The lowest BCUT2D eigenvalue weighted by molar-refractivity contribution is -0.115. The van der Waals surface area contributed by atoms with Crippen LogP contribution in [0.1, 0.15) is 37.5 Å². The summed E-state index contributed by atoms with van der Waals surface area (Å²) in [6, 6.07) is 12.5. The van der Waals surface area contributed by atoms with Crippen molar-refractivity contribution < 1.29 is 9.32 Å². The van der Waals surface area contributed by atoms with Crippen molar-refractivity contribution in [1.29, 1.82) is 0 Å². The minimum absolute atomic E-state index is 0.215. The van der Waals surface area contributed by atoms with E-state index in [1.54, 1.807) is 37.4 Å². The maximum Gasteiger partial charge on any atom is 0.267 e. The largest absolute Gasteiger partial charge is 0.360 e. The van der Waals surface area contributed by atoms with Gasteiger partial charge in [0.15, 0.2) is 11.0 Å². The van der Waals surface area contributed by atoms with Crippen molar-refractivity contribution in [3.63, 3.8) is 0 Å². The molecule has 3 heterocycles. The van der Waals surface area contributed by atoms with E-state index in [1.165, 1.54) is 16.3 Å². The number of carbonyl (C=O) groups excluding carboxylic acids is 1. The Morgan fingerprint density at radius 1 is 1.21 bits per heavy atom. The molecular formula is C24H25N5O3S. The quantitative estimate of drug-likeness (QED) is 0.299. The number of anilines is 1. The van der Waals surface area contributed by atoms with Crippen LogP contribution < -0.4 is 10.9 Å². The predicted molar refractivity (Wildman–Crippen MR) is 129 cm³/mol. The zero-order valence-electron chi connectivity index (χ0n) is 18.7. The Labute approximate surface area is 195 Å². The van der Waals surface area contributed by atoms with Crippen LogP contribution in [0, 0.1) is 13.8 Å². The zero-order valence-corrected chi connectivity index (χ0v) is 19.6. The number of benzene rings is 1. The summed E-state index contributed by atoms with van der Waals surface area (Å²) in [6.45, 7) is 5.77. The Kier molecular flexibility index (Phi) is 6.88. The normalized spacial score (nSPS) is 12.1. The molecule has 8 nitrogen and oxygen atoms in total. The molecule has 9 heteroatoms. The number of hydrogen-bond acceptors (Lipinski definition) is 7. The SMILES string of the molecule is CCCCC(Sc1nc2ccccc2c(=O)n1-c1ccc(C)cn1)C(=O)Nc1cc(C)on1. The van der Waals surface area contributed by atoms with Crippen LogP contribution in [-0.4, -0.2) is 30.8 Å². The lowest BCUT2D eigenvalue weighted by atomic mass is 10.2. The summed E-state index contributed by atoms with van der Waals surface area (Å²) < 4.78 is 6.54. The first-order valence-corrected chi connectivity index (χ1v) is 11.7. The summed E-state index contributed by atoms with van der Waals surface area (Å²) in [4.78, 5) is 35.8. The Hall–Kier alpha value is -3.46. The maximum atomic E-state index is 13.4. The average Bonchev–Trinajstić information content (AvgIpc) is 3.22. The highest BCUT2D eigenvalue weighted by Gasteiger charge is 2.25. The summed E-state index contributed by atoms with van der Waals surface area (Å²) in [6.07, 6.45) is 4.11. The third-order valence-corrected chi connectivity index (χ3v) is 6.33. The van der Waals surface area contributed by atoms with E-state index in [-0.39, 0.29) is 11.5 Å². The lowest BCUT2D eigenvalue weighted by Crippen LogP contribution is -2.28. The molecule has 0 bridgehead atoms. The summed E-state index contributed by atoms with van der Waals surface area (Å²) in [7, 11) is 0.